The van der Waals surface area contributed by atoms with E-state index in [1.54, 1.807) is 69.3 Å². The molecule has 0 aliphatic carbocycles. The lowest BCUT2D eigenvalue weighted by atomic mass is 9.30. The Morgan fingerprint density at radius 2 is 0.446 bits per heavy atom. The summed E-state index contributed by atoms with van der Waals surface area (Å²) in [5, 5.41) is -0.574. The van der Waals surface area contributed by atoms with Crippen LogP contribution < -0.4 is 77.2 Å². The van der Waals surface area contributed by atoms with Gasteiger partial charge in [0.2, 0.25) is 0 Å². The normalized spacial score (nSPS) is 13.9. The molecule has 27 heteroatoms. The smallest absolute Gasteiger partial charge is 0.264 e. The zero-order valence-corrected chi connectivity index (χ0v) is 59.4. The van der Waals surface area contributed by atoms with Crippen LogP contribution in [-0.2, 0) is 0 Å². The minimum Gasteiger partial charge on any atom is -0.306 e. The van der Waals surface area contributed by atoms with Gasteiger partial charge in [-0.1, -0.05) is 48.5 Å². The van der Waals surface area contributed by atoms with Gasteiger partial charge in [-0.3, -0.25) is 0 Å². The predicted octanol–water partition coefficient (Wildman–Crippen LogP) is 19.5. The Morgan fingerprint density at radius 1 is 0.223 bits per heavy atom. The van der Waals surface area contributed by atoms with E-state index in [1.807, 2.05) is 0 Å². The number of para-hydroxylation sites is 6. The van der Waals surface area contributed by atoms with Crippen molar-refractivity contribution in [1.82, 2.24) is 0 Å². The first-order chi connectivity index (χ1) is 53.9. The molecular formula is C85H41B3F16N6S2. The molecule has 6 aliphatic rings. The van der Waals surface area contributed by atoms with E-state index in [2.05, 4.69) is 0 Å². The van der Waals surface area contributed by atoms with Crippen molar-refractivity contribution in [1.29, 1.82) is 0 Å². The highest BCUT2D eigenvalue weighted by Crippen LogP contribution is 2.57. The quantitative estimate of drug-likeness (QED) is 0.121. The van der Waals surface area contributed by atoms with Crippen molar-refractivity contribution < 1.29 is 70.2 Å². The number of rotatable bonds is 6. The fourth-order valence-corrected chi connectivity index (χ4v) is 20.8. The van der Waals surface area contributed by atoms with Crippen molar-refractivity contribution in [2.45, 2.75) is 20.8 Å². The Labute approximate surface area is 633 Å². The predicted molar refractivity (Wildman–Crippen MR) is 413 cm³/mol. The molecule has 0 spiro atoms. The molecule has 0 unspecified atom stereocenters. The highest BCUT2D eigenvalue weighted by Gasteiger charge is 2.54. The maximum Gasteiger partial charge on any atom is 0.264 e. The molecule has 8 heterocycles. The Hall–Kier alpha value is -12.3. The van der Waals surface area contributed by atoms with Crippen LogP contribution in [0.15, 0.2) is 194 Å². The van der Waals surface area contributed by atoms with Crippen molar-refractivity contribution in [3.05, 3.63) is 304 Å². The van der Waals surface area contributed by atoms with Gasteiger partial charge < -0.3 is 29.4 Å². The summed E-state index contributed by atoms with van der Waals surface area (Å²) in [5.41, 5.74) is -3.88. The van der Waals surface area contributed by atoms with Gasteiger partial charge in [-0.2, -0.15) is 0 Å². The van der Waals surface area contributed by atoms with Gasteiger partial charge >= 0.3 is 0 Å². The molecule has 0 bridgehead atoms. The minimum absolute atomic E-state index is 0.0131. The van der Waals surface area contributed by atoms with E-state index in [9.17, 15) is 0 Å². The van der Waals surface area contributed by atoms with Gasteiger partial charge in [0, 0.05) is 88.0 Å². The van der Waals surface area contributed by atoms with Crippen LogP contribution in [0.5, 0.6) is 0 Å². The van der Waals surface area contributed by atoms with E-state index in [1.165, 1.54) is 31.7 Å². The number of fused-ring (bicyclic) bond motifs is 16. The van der Waals surface area contributed by atoms with E-state index < -0.39 is 147 Å². The van der Waals surface area contributed by atoms with Gasteiger partial charge in [0.05, 0.1) is 22.1 Å². The average molecular weight is 1550 g/mol. The number of hydrogen-bond donors (Lipinski definition) is 0. The maximum atomic E-state index is 17.8. The molecule has 2 aromatic heterocycles. The van der Waals surface area contributed by atoms with Crippen LogP contribution in [0.4, 0.5) is 173 Å². The van der Waals surface area contributed by atoms with Gasteiger partial charge in [0.25, 0.3) is 20.1 Å². The molecule has 0 atom stereocenters. The maximum absolute atomic E-state index is 17.8. The molecule has 0 radical (unpaired) electrons. The van der Waals surface area contributed by atoms with E-state index in [0.717, 1.165) is 154 Å². The second kappa shape index (κ2) is 23.8. The summed E-state index contributed by atoms with van der Waals surface area (Å²) < 4.78 is 277. The van der Waals surface area contributed by atoms with Crippen molar-refractivity contribution in [2.24, 2.45) is 0 Å². The van der Waals surface area contributed by atoms with Crippen molar-refractivity contribution in [2.75, 3.05) is 29.4 Å². The number of anilines is 18. The Morgan fingerprint density at radius 3 is 0.705 bits per heavy atom. The van der Waals surface area contributed by atoms with Gasteiger partial charge in [-0.15, -0.1) is 22.7 Å². The minimum atomic E-state index is -1.46. The highest BCUT2D eigenvalue weighted by molar-refractivity contribution is 7.34. The lowest BCUT2D eigenvalue weighted by molar-refractivity contribution is 0.584. The summed E-state index contributed by atoms with van der Waals surface area (Å²) in [6.07, 6.45) is 0. The first kappa shape index (κ1) is 67.7. The Bertz CT molecular complexity index is 6330. The summed E-state index contributed by atoms with van der Waals surface area (Å²) in [5.74, 6) is -18.2. The summed E-state index contributed by atoms with van der Waals surface area (Å²) in [7, 11) is 0. The number of nitrogens with zero attached hydrogens (tertiary/aromatic N) is 6. The largest absolute Gasteiger partial charge is 0.306 e. The molecule has 6 nitrogen and oxygen atoms in total. The summed E-state index contributed by atoms with van der Waals surface area (Å²) in [6, 6.07) is 37.2. The lowest BCUT2D eigenvalue weighted by Gasteiger charge is -2.48. The second-order valence-electron chi connectivity index (χ2n) is 28.5. The number of thiophene rings is 2. The summed E-state index contributed by atoms with van der Waals surface area (Å²) in [6.45, 7) is 0.648. The van der Waals surface area contributed by atoms with Crippen molar-refractivity contribution in [3.8, 4) is 0 Å². The van der Waals surface area contributed by atoms with Gasteiger partial charge in [0.15, 0.2) is 0 Å². The second-order valence-corrected chi connectivity index (χ2v) is 30.6. The zero-order chi connectivity index (χ0) is 77.1. The first-order valence-corrected chi connectivity index (χ1v) is 36.6. The molecule has 112 heavy (non-hydrogen) atoms. The molecule has 0 amide bonds. The number of benzene rings is 13. The van der Waals surface area contributed by atoms with Crippen molar-refractivity contribution in [3.63, 3.8) is 0 Å². The van der Waals surface area contributed by atoms with E-state index in [4.69, 9.17) is 0 Å². The molecule has 0 saturated carbocycles. The van der Waals surface area contributed by atoms with Crippen LogP contribution in [0.2, 0.25) is 0 Å². The molecule has 0 saturated heterocycles. The topological polar surface area (TPSA) is 19.4 Å². The fourth-order valence-electron chi connectivity index (χ4n) is 18.1. The van der Waals surface area contributed by atoms with Crippen LogP contribution >= 0.6 is 22.7 Å². The van der Waals surface area contributed by atoms with E-state index >= 15 is 70.2 Å². The Kier molecular flexibility index (Phi) is 14.4. The molecule has 13 aromatic carbocycles. The average Bonchev–Trinajstić information content (AvgIpc) is 1.14. The van der Waals surface area contributed by atoms with Crippen LogP contribution in [0, 0.1) is 114 Å². The van der Waals surface area contributed by atoms with Gasteiger partial charge in [-0.05, 0) is 209 Å². The number of hydrogen-bond acceptors (Lipinski definition) is 8. The summed E-state index contributed by atoms with van der Waals surface area (Å²) in [4.78, 5) is 7.20. The third kappa shape index (κ3) is 9.16. The molecular weight excluding hydrogens is 1510 g/mol. The third-order valence-electron chi connectivity index (χ3n) is 22.1. The van der Waals surface area contributed by atoms with Crippen LogP contribution in [0.1, 0.15) is 16.7 Å². The van der Waals surface area contributed by atoms with Crippen LogP contribution in [-0.4, -0.2) is 20.1 Å². The molecule has 544 valence electrons. The van der Waals surface area contributed by atoms with Gasteiger partial charge in [0.1, 0.15) is 127 Å². The van der Waals surface area contributed by atoms with Crippen LogP contribution in [0.3, 0.4) is 0 Å². The molecule has 0 fully saturated rings. The summed E-state index contributed by atoms with van der Waals surface area (Å²) >= 11 is 1.67. The Balaban J connectivity index is 0.943. The standard InChI is InChI=1S/C85H41B3F16N6S2/c1-36-22-63-73-64(23-36)106(77-47(93)12-5-13-48(77)94)60-35-62-44(88-75-66(108(62)79-51(97)16-7-17-52(79)98)25-38(3)27-68(75)110(81-55(101)20-9-21-56(81)102)83-72-58(104)29-40(90)31-70(72)112-85(83)88)33-42(60)86(73)41-32-43-61(34-59(41)105(63)76-45(91)10-4-11-46(76)92)107(78-49(95)14-6-15-50(78)96)65-24-37(2)26-67-74(65)87(43)84-82(71-57(103)28-39(89)30-69(71)111-84)109(67)80-53(99)18-8-19-54(80)100/h4-35H,1-3H3. The molecule has 15 aromatic rings. The SMILES string of the molecule is Cc1cc2c3c(c1)N(c1c(F)cccc1F)c1cc4c(cc1B3c1cc3c(cc1N2c1c(F)cccc1F)N(c1c(F)cccc1F)c1cc(C)cc2c1B3c1sc3cc(F)cc(F)c3c1N2c1c(F)cccc1F)B1c2sc3cc(F)cc(F)c3c2N(c2c(F)cccc2F)c2cc(C)cc(c21)N4c1c(F)cccc1F. The number of aryl methyl sites for hydroxylation is 3. The van der Waals surface area contributed by atoms with E-state index in [-0.39, 0.29) is 136 Å². The number of halogens is 16. The van der Waals surface area contributed by atoms with Crippen LogP contribution in [0.25, 0.3) is 20.2 Å². The van der Waals surface area contributed by atoms with Crippen molar-refractivity contribution >= 4 is 213 Å². The third-order valence-corrected chi connectivity index (χ3v) is 24.5. The highest BCUT2D eigenvalue weighted by atomic mass is 32.1. The monoisotopic (exact) mass is 1550 g/mol. The lowest BCUT2D eigenvalue weighted by Crippen LogP contribution is -2.66. The molecule has 0 N–H and O–H groups in total. The van der Waals surface area contributed by atoms with E-state index in [0.29, 0.717) is 28.8 Å². The zero-order valence-electron chi connectivity index (χ0n) is 57.8. The molecule has 21 rings (SSSR count). The fraction of sp³-hybridized carbons (Fsp3) is 0.0353. The first-order valence-electron chi connectivity index (χ1n) is 35.0. The molecule has 6 aliphatic heterocycles. The van der Waals surface area contributed by atoms with Gasteiger partial charge in [-0.25, -0.2) is 70.2 Å².